The van der Waals surface area contributed by atoms with Crippen molar-refractivity contribution in [3.05, 3.63) is 17.8 Å². The van der Waals surface area contributed by atoms with Crippen LogP contribution in [-0.4, -0.2) is 35.0 Å². The monoisotopic (exact) mass is 255 g/mol. The number of rotatable bonds is 7. The number of thiocarbonyl (C=S) groups is 1. The number of nitrogens with zero attached hydrogens (tertiary/aromatic N) is 2. The van der Waals surface area contributed by atoms with E-state index in [1.807, 2.05) is 0 Å². The fourth-order valence-electron chi connectivity index (χ4n) is 1.13. The van der Waals surface area contributed by atoms with Gasteiger partial charge in [0.2, 0.25) is 5.88 Å². The molecule has 1 heterocycles. The Morgan fingerprint density at radius 2 is 2.24 bits per heavy atom. The smallest absolute Gasteiger partial charge is 0.243 e. The van der Waals surface area contributed by atoms with Gasteiger partial charge in [0.15, 0.2) is 0 Å². The average Bonchev–Trinajstić information content (AvgIpc) is 2.28. The minimum absolute atomic E-state index is 0.248. The highest BCUT2D eigenvalue weighted by atomic mass is 32.1. The lowest BCUT2D eigenvalue weighted by Gasteiger charge is -2.09. The number of hydrogen-bond acceptors (Lipinski definition) is 5. The third-order valence-corrected chi connectivity index (χ3v) is 2.09. The van der Waals surface area contributed by atoms with Gasteiger partial charge in [0.1, 0.15) is 11.6 Å². The Bertz CT molecular complexity index is 371. The van der Waals surface area contributed by atoms with Crippen molar-refractivity contribution < 1.29 is 9.47 Å². The molecule has 17 heavy (non-hydrogen) atoms. The molecular formula is C11H17N3O2S. The van der Waals surface area contributed by atoms with E-state index in [1.54, 1.807) is 6.07 Å². The Morgan fingerprint density at radius 1 is 1.47 bits per heavy atom. The Kier molecular flexibility index (Phi) is 5.79. The van der Waals surface area contributed by atoms with Crippen molar-refractivity contribution in [1.29, 1.82) is 0 Å². The lowest BCUT2D eigenvalue weighted by molar-refractivity contribution is 0.0803. The highest BCUT2D eigenvalue weighted by Gasteiger charge is 2.07. The summed E-state index contributed by atoms with van der Waals surface area (Å²) in [5.41, 5.74) is 6.13. The molecule has 0 fully saturated rings. The van der Waals surface area contributed by atoms with E-state index >= 15 is 0 Å². The Hall–Kier alpha value is -1.27. The van der Waals surface area contributed by atoms with Gasteiger partial charge in [-0.3, -0.25) is 0 Å². The molecule has 0 radical (unpaired) electrons. The van der Waals surface area contributed by atoms with Crippen molar-refractivity contribution in [2.24, 2.45) is 11.7 Å². The molecule has 0 spiro atoms. The van der Waals surface area contributed by atoms with Gasteiger partial charge < -0.3 is 15.2 Å². The summed E-state index contributed by atoms with van der Waals surface area (Å²) in [5, 5.41) is 7.56. The second-order valence-corrected chi connectivity index (χ2v) is 4.37. The molecule has 0 aliphatic carbocycles. The van der Waals surface area contributed by atoms with Crippen molar-refractivity contribution in [2.45, 2.75) is 13.8 Å². The summed E-state index contributed by atoms with van der Waals surface area (Å²) in [7, 11) is 0. The zero-order valence-corrected chi connectivity index (χ0v) is 10.9. The van der Waals surface area contributed by atoms with Gasteiger partial charge in [-0.2, -0.15) is 5.10 Å². The maximum absolute atomic E-state index is 5.54. The van der Waals surface area contributed by atoms with Crippen LogP contribution < -0.4 is 10.5 Å². The molecule has 1 aromatic heterocycles. The van der Waals surface area contributed by atoms with Gasteiger partial charge in [0.25, 0.3) is 0 Å². The number of nitrogens with two attached hydrogens (primary N) is 1. The van der Waals surface area contributed by atoms with E-state index in [4.69, 9.17) is 27.4 Å². The van der Waals surface area contributed by atoms with Crippen LogP contribution >= 0.6 is 12.2 Å². The predicted octanol–water partition coefficient (Wildman–Crippen LogP) is 1.16. The fraction of sp³-hybridized carbons (Fsp3) is 0.545. The van der Waals surface area contributed by atoms with Crippen molar-refractivity contribution in [3.8, 4) is 5.88 Å². The second-order valence-electron chi connectivity index (χ2n) is 3.93. The molecule has 0 unspecified atom stereocenters. The van der Waals surface area contributed by atoms with Crippen molar-refractivity contribution in [2.75, 3.05) is 19.8 Å². The van der Waals surface area contributed by atoms with E-state index in [-0.39, 0.29) is 4.99 Å². The van der Waals surface area contributed by atoms with Gasteiger partial charge in [-0.25, -0.2) is 0 Å². The van der Waals surface area contributed by atoms with E-state index in [9.17, 15) is 0 Å². The Labute approximate surface area is 106 Å². The third kappa shape index (κ3) is 5.06. The summed E-state index contributed by atoms with van der Waals surface area (Å²) < 4.78 is 10.8. The summed E-state index contributed by atoms with van der Waals surface area (Å²) in [6.45, 7) is 5.81. The molecule has 94 valence electrons. The first-order valence-electron chi connectivity index (χ1n) is 5.43. The van der Waals surface area contributed by atoms with Crippen molar-refractivity contribution >= 4 is 17.2 Å². The van der Waals surface area contributed by atoms with Gasteiger partial charge in [0.05, 0.1) is 18.4 Å². The van der Waals surface area contributed by atoms with Crippen LogP contribution in [0.4, 0.5) is 0 Å². The van der Waals surface area contributed by atoms with Gasteiger partial charge in [-0.05, 0) is 12.0 Å². The second kappa shape index (κ2) is 7.13. The summed E-state index contributed by atoms with van der Waals surface area (Å²) in [6, 6.07) is 1.68. The SMILES string of the molecule is CC(C)COCCOc1nnccc1C(N)=S. The first-order valence-corrected chi connectivity index (χ1v) is 5.84. The maximum Gasteiger partial charge on any atom is 0.243 e. The first-order chi connectivity index (χ1) is 8.11. The minimum Gasteiger partial charge on any atom is -0.474 e. The standard InChI is InChI=1S/C11H17N3O2S/c1-8(2)7-15-5-6-16-11-9(10(12)17)3-4-13-14-11/h3-4,8H,5-7H2,1-2H3,(H2,12,17). The minimum atomic E-state index is 0.248. The van der Waals surface area contributed by atoms with Crippen molar-refractivity contribution in [3.63, 3.8) is 0 Å². The molecule has 0 aliphatic heterocycles. The molecule has 2 N–H and O–H groups in total. The maximum atomic E-state index is 5.54. The quantitative estimate of drug-likeness (QED) is 0.582. The van der Waals surface area contributed by atoms with Crippen LogP contribution in [0.1, 0.15) is 19.4 Å². The topological polar surface area (TPSA) is 70.3 Å². The molecule has 0 saturated carbocycles. The Morgan fingerprint density at radius 3 is 2.88 bits per heavy atom. The highest BCUT2D eigenvalue weighted by molar-refractivity contribution is 7.80. The van der Waals surface area contributed by atoms with Crippen molar-refractivity contribution in [1.82, 2.24) is 10.2 Å². The predicted molar refractivity (Wildman–Crippen MR) is 69.1 cm³/mol. The van der Waals surface area contributed by atoms with Crippen LogP contribution in [0, 0.1) is 5.92 Å². The molecule has 0 aliphatic rings. The van der Waals surface area contributed by atoms with Crippen LogP contribution in [-0.2, 0) is 4.74 Å². The van der Waals surface area contributed by atoms with E-state index in [2.05, 4.69) is 24.0 Å². The fourth-order valence-corrected chi connectivity index (χ4v) is 1.28. The van der Waals surface area contributed by atoms with Gasteiger partial charge in [0, 0.05) is 6.61 Å². The number of ether oxygens (including phenoxy) is 2. The average molecular weight is 255 g/mol. The lowest BCUT2D eigenvalue weighted by Crippen LogP contribution is -2.16. The molecule has 0 atom stereocenters. The highest BCUT2D eigenvalue weighted by Crippen LogP contribution is 2.12. The molecule has 1 rings (SSSR count). The molecule has 6 heteroatoms. The van der Waals surface area contributed by atoms with E-state index in [0.717, 1.165) is 0 Å². The lowest BCUT2D eigenvalue weighted by atomic mass is 10.2. The summed E-state index contributed by atoms with van der Waals surface area (Å²) in [6.07, 6.45) is 1.52. The largest absolute Gasteiger partial charge is 0.474 e. The van der Waals surface area contributed by atoms with E-state index < -0.39 is 0 Å². The summed E-state index contributed by atoms with van der Waals surface area (Å²) in [5.74, 6) is 0.867. The van der Waals surface area contributed by atoms with Gasteiger partial charge >= 0.3 is 0 Å². The van der Waals surface area contributed by atoms with Crippen LogP contribution in [0.5, 0.6) is 5.88 Å². The molecular weight excluding hydrogens is 238 g/mol. The van der Waals surface area contributed by atoms with E-state index in [0.29, 0.717) is 37.2 Å². The zero-order chi connectivity index (χ0) is 12.7. The van der Waals surface area contributed by atoms with Gasteiger partial charge in [-0.1, -0.05) is 26.1 Å². The first kappa shape index (κ1) is 13.8. The summed E-state index contributed by atoms with van der Waals surface area (Å²) >= 11 is 4.88. The van der Waals surface area contributed by atoms with Gasteiger partial charge in [-0.15, -0.1) is 5.10 Å². The Balaban J connectivity index is 2.39. The van der Waals surface area contributed by atoms with Crippen LogP contribution in [0.25, 0.3) is 0 Å². The number of aromatic nitrogens is 2. The van der Waals surface area contributed by atoms with Crippen LogP contribution in [0.15, 0.2) is 12.3 Å². The molecule has 0 saturated heterocycles. The third-order valence-electron chi connectivity index (χ3n) is 1.87. The number of hydrogen-bond donors (Lipinski definition) is 1. The summed E-state index contributed by atoms with van der Waals surface area (Å²) in [4.78, 5) is 0.248. The molecule has 0 aromatic carbocycles. The molecule has 0 bridgehead atoms. The molecule has 5 nitrogen and oxygen atoms in total. The van der Waals surface area contributed by atoms with Crippen LogP contribution in [0.3, 0.4) is 0 Å². The van der Waals surface area contributed by atoms with Crippen LogP contribution in [0.2, 0.25) is 0 Å². The zero-order valence-electron chi connectivity index (χ0n) is 10.0. The normalized spacial score (nSPS) is 10.5. The molecule has 1 aromatic rings. The van der Waals surface area contributed by atoms with E-state index in [1.165, 1.54) is 6.20 Å². The molecule has 0 amide bonds.